The van der Waals surface area contributed by atoms with E-state index in [1.807, 2.05) is 0 Å². The Balaban J connectivity index is 3.31. The summed E-state index contributed by atoms with van der Waals surface area (Å²) in [4.78, 5) is 11.9. The number of alkyl halides is 2. The Morgan fingerprint density at radius 3 is 2.60 bits per heavy atom. The smallest absolute Gasteiger partial charge is 0.265 e. The Hall–Kier alpha value is -0.900. The maximum Gasteiger partial charge on any atom is 0.265 e. The van der Waals surface area contributed by atoms with Crippen LogP contribution in [-0.4, -0.2) is 12.0 Å². The molecule has 0 fully saturated rings. The van der Waals surface area contributed by atoms with Crippen molar-refractivity contribution in [2.75, 3.05) is 6.26 Å². The lowest BCUT2D eigenvalue weighted by atomic mass is 10.0. The third kappa shape index (κ3) is 2.56. The molecule has 4 heteroatoms. The Morgan fingerprint density at radius 2 is 2.13 bits per heavy atom. The first-order valence-corrected chi connectivity index (χ1v) is 5.82. The average molecular weight is 230 g/mol. The minimum absolute atomic E-state index is 0.128. The third-order valence-corrected chi connectivity index (χ3v) is 2.92. The fraction of sp³-hybridized carbons (Fsp3) is 0.364. The second kappa shape index (κ2) is 5.26. The van der Waals surface area contributed by atoms with Crippen molar-refractivity contribution in [3.05, 3.63) is 29.3 Å². The first-order valence-electron chi connectivity index (χ1n) is 4.60. The van der Waals surface area contributed by atoms with Crippen LogP contribution >= 0.6 is 11.8 Å². The Labute approximate surface area is 91.9 Å². The van der Waals surface area contributed by atoms with Crippen molar-refractivity contribution in [3.8, 4) is 0 Å². The monoisotopic (exact) mass is 230 g/mol. The predicted octanol–water partition coefficient (Wildman–Crippen LogP) is 3.94. The zero-order chi connectivity index (χ0) is 11.4. The van der Waals surface area contributed by atoms with Crippen molar-refractivity contribution in [3.63, 3.8) is 0 Å². The van der Waals surface area contributed by atoms with Crippen LogP contribution in [0.15, 0.2) is 23.1 Å². The van der Waals surface area contributed by atoms with E-state index in [2.05, 4.69) is 0 Å². The van der Waals surface area contributed by atoms with E-state index in [-0.39, 0.29) is 23.3 Å². The fourth-order valence-corrected chi connectivity index (χ4v) is 2.01. The molecule has 0 saturated carbocycles. The highest BCUT2D eigenvalue weighted by Crippen LogP contribution is 2.32. The van der Waals surface area contributed by atoms with Crippen LogP contribution in [0.1, 0.15) is 35.7 Å². The topological polar surface area (TPSA) is 17.1 Å². The van der Waals surface area contributed by atoms with Gasteiger partial charge in [-0.1, -0.05) is 19.1 Å². The molecule has 82 valence electrons. The van der Waals surface area contributed by atoms with Gasteiger partial charge in [-0.25, -0.2) is 8.78 Å². The third-order valence-electron chi connectivity index (χ3n) is 2.13. The van der Waals surface area contributed by atoms with Crippen molar-refractivity contribution < 1.29 is 13.6 Å². The molecule has 0 radical (unpaired) electrons. The number of carbonyl (C=O) groups excluding carboxylic acids is 1. The van der Waals surface area contributed by atoms with E-state index in [9.17, 15) is 13.6 Å². The SMILES string of the molecule is CCC(=O)c1cccc(SC)c1C(F)F. The second-order valence-electron chi connectivity index (χ2n) is 3.00. The molecule has 0 aliphatic carbocycles. The van der Waals surface area contributed by atoms with Crippen LogP contribution in [0.4, 0.5) is 8.78 Å². The Kier molecular flexibility index (Phi) is 4.27. The molecular weight excluding hydrogens is 218 g/mol. The van der Waals surface area contributed by atoms with Gasteiger partial charge in [0, 0.05) is 22.4 Å². The van der Waals surface area contributed by atoms with E-state index in [1.54, 1.807) is 25.3 Å². The molecule has 0 bridgehead atoms. The lowest BCUT2D eigenvalue weighted by Crippen LogP contribution is -2.04. The second-order valence-corrected chi connectivity index (χ2v) is 3.85. The van der Waals surface area contributed by atoms with Crippen LogP contribution in [0.3, 0.4) is 0 Å². The van der Waals surface area contributed by atoms with Crippen molar-refractivity contribution in [1.82, 2.24) is 0 Å². The normalized spacial score (nSPS) is 10.7. The summed E-state index contributed by atoms with van der Waals surface area (Å²) in [6.45, 7) is 1.67. The molecule has 0 atom stereocenters. The largest absolute Gasteiger partial charge is 0.294 e. The van der Waals surface area contributed by atoms with Gasteiger partial charge in [0.15, 0.2) is 5.78 Å². The summed E-state index contributed by atoms with van der Waals surface area (Å²) in [7, 11) is 0. The van der Waals surface area contributed by atoms with E-state index in [0.717, 1.165) is 0 Å². The predicted molar refractivity (Wildman–Crippen MR) is 57.8 cm³/mol. The number of ketones is 1. The minimum atomic E-state index is -2.60. The van der Waals surface area contributed by atoms with Gasteiger partial charge in [0.2, 0.25) is 0 Å². The van der Waals surface area contributed by atoms with Crippen LogP contribution in [-0.2, 0) is 0 Å². The summed E-state index contributed by atoms with van der Waals surface area (Å²) in [5.41, 5.74) is 0.0243. The van der Waals surface area contributed by atoms with Crippen molar-refractivity contribution in [2.24, 2.45) is 0 Å². The zero-order valence-electron chi connectivity index (χ0n) is 8.59. The average Bonchev–Trinajstić information content (AvgIpc) is 2.26. The lowest BCUT2D eigenvalue weighted by molar-refractivity contribution is 0.0972. The standard InChI is InChI=1S/C11H12F2OS/c1-3-8(14)7-5-4-6-9(15-2)10(7)11(12)13/h4-6,11H,3H2,1-2H3. The Morgan fingerprint density at radius 1 is 1.47 bits per heavy atom. The molecule has 1 nitrogen and oxygen atoms in total. The molecule has 0 aliphatic heterocycles. The van der Waals surface area contributed by atoms with Crippen molar-refractivity contribution in [1.29, 1.82) is 0 Å². The first-order chi connectivity index (χ1) is 7.11. The minimum Gasteiger partial charge on any atom is -0.294 e. The van der Waals surface area contributed by atoms with Gasteiger partial charge < -0.3 is 0 Å². The molecule has 0 aliphatic rings. The van der Waals surface area contributed by atoms with Crippen LogP contribution in [0.2, 0.25) is 0 Å². The summed E-state index contributed by atoms with van der Waals surface area (Å²) in [5, 5.41) is 0. The van der Waals surface area contributed by atoms with Crippen molar-refractivity contribution in [2.45, 2.75) is 24.7 Å². The summed E-state index contributed by atoms with van der Waals surface area (Å²) >= 11 is 1.23. The van der Waals surface area contributed by atoms with E-state index in [4.69, 9.17) is 0 Å². The number of halogens is 2. The van der Waals surface area contributed by atoms with E-state index in [0.29, 0.717) is 4.90 Å². The quantitative estimate of drug-likeness (QED) is 0.575. The number of rotatable bonds is 4. The van der Waals surface area contributed by atoms with Gasteiger partial charge in [-0.2, -0.15) is 0 Å². The van der Waals surface area contributed by atoms with Gasteiger partial charge in [-0.05, 0) is 12.3 Å². The van der Waals surface area contributed by atoms with Crippen LogP contribution in [0.5, 0.6) is 0 Å². The van der Waals surface area contributed by atoms with Gasteiger partial charge >= 0.3 is 0 Å². The zero-order valence-corrected chi connectivity index (χ0v) is 9.41. The molecule has 0 amide bonds. The number of Topliss-reactive ketones (excluding diaryl/α,β-unsaturated/α-hetero) is 1. The van der Waals surface area contributed by atoms with Crippen LogP contribution < -0.4 is 0 Å². The molecule has 1 rings (SSSR count). The highest BCUT2D eigenvalue weighted by molar-refractivity contribution is 7.98. The molecule has 0 unspecified atom stereocenters. The number of carbonyl (C=O) groups is 1. The molecule has 0 spiro atoms. The number of hydrogen-bond acceptors (Lipinski definition) is 2. The maximum atomic E-state index is 12.8. The van der Waals surface area contributed by atoms with Gasteiger partial charge in [-0.15, -0.1) is 11.8 Å². The summed E-state index contributed by atoms with van der Waals surface area (Å²) in [6.07, 6.45) is -0.627. The highest BCUT2D eigenvalue weighted by Gasteiger charge is 2.20. The number of thioether (sulfide) groups is 1. The van der Waals surface area contributed by atoms with E-state index >= 15 is 0 Å². The number of hydrogen-bond donors (Lipinski definition) is 0. The van der Waals surface area contributed by atoms with Gasteiger partial charge in [0.25, 0.3) is 6.43 Å². The molecular formula is C11H12F2OS. The number of benzene rings is 1. The summed E-state index contributed by atoms with van der Waals surface area (Å²) in [6, 6.07) is 4.71. The van der Waals surface area contributed by atoms with Crippen LogP contribution in [0.25, 0.3) is 0 Å². The first kappa shape index (κ1) is 12.2. The summed E-state index contributed by atoms with van der Waals surface area (Å²) < 4.78 is 25.6. The molecule has 0 aromatic heterocycles. The fourth-order valence-electron chi connectivity index (χ4n) is 1.38. The molecule has 1 aromatic rings. The van der Waals surface area contributed by atoms with E-state index in [1.165, 1.54) is 17.8 Å². The van der Waals surface area contributed by atoms with Gasteiger partial charge in [0.05, 0.1) is 0 Å². The van der Waals surface area contributed by atoms with Crippen LogP contribution in [0, 0.1) is 0 Å². The lowest BCUT2D eigenvalue weighted by Gasteiger charge is -2.11. The summed E-state index contributed by atoms with van der Waals surface area (Å²) in [5.74, 6) is -0.235. The molecule has 0 N–H and O–H groups in total. The molecule has 0 heterocycles. The molecule has 15 heavy (non-hydrogen) atoms. The van der Waals surface area contributed by atoms with E-state index < -0.39 is 6.43 Å². The maximum absolute atomic E-state index is 12.8. The van der Waals surface area contributed by atoms with Crippen molar-refractivity contribution >= 4 is 17.5 Å². The Bertz CT molecular complexity index is 364. The molecule has 0 saturated heterocycles. The van der Waals surface area contributed by atoms with Gasteiger partial charge in [0.1, 0.15) is 0 Å². The van der Waals surface area contributed by atoms with Gasteiger partial charge in [-0.3, -0.25) is 4.79 Å². The highest BCUT2D eigenvalue weighted by atomic mass is 32.2. The molecule has 1 aromatic carbocycles.